The number of methoxy groups -OCH3 is 1. The molecule has 44 heavy (non-hydrogen) atoms. The summed E-state index contributed by atoms with van der Waals surface area (Å²) in [6.07, 6.45) is 8.61. The van der Waals surface area contributed by atoms with E-state index in [0.29, 0.717) is 24.1 Å². The molecule has 2 amide bonds. The van der Waals surface area contributed by atoms with Crippen molar-refractivity contribution in [2.45, 2.75) is 75.4 Å². The molecule has 0 spiro atoms. The zero-order chi connectivity index (χ0) is 30.5. The van der Waals surface area contributed by atoms with Crippen molar-refractivity contribution >= 4 is 32.7 Å². The number of fused-ring (bicyclic) bond motifs is 9. The lowest BCUT2D eigenvalue weighted by atomic mass is 9.81. The summed E-state index contributed by atoms with van der Waals surface area (Å²) >= 11 is 0. The minimum atomic E-state index is -3.72. The standard InChI is InChI=1S/C34H40N4O5S/c1-36-17-23-14-22(36)18-37(23)33(40)34-16-28(34)27-15-24(43-2)10-12-25(27)31-30(20-7-5-4-6-8-20)26-11-9-21(13-29(26)38(31)19-34)32(39)35-44(3,41)42/h9-13,15,20,22-23,28H,4-8,14,16-19H2,1-3H3,(H,35,39). The highest BCUT2D eigenvalue weighted by molar-refractivity contribution is 7.89. The van der Waals surface area contributed by atoms with Gasteiger partial charge in [-0.2, -0.15) is 0 Å². The van der Waals surface area contributed by atoms with Crippen LogP contribution in [-0.4, -0.2) is 80.2 Å². The average Bonchev–Trinajstić information content (AvgIpc) is 3.25. The molecule has 3 aromatic rings. The Morgan fingerprint density at radius 3 is 2.50 bits per heavy atom. The van der Waals surface area contributed by atoms with Crippen molar-refractivity contribution in [2.75, 3.05) is 33.5 Å². The monoisotopic (exact) mass is 616 g/mol. The smallest absolute Gasteiger partial charge is 0.264 e. The number of amides is 2. The molecule has 4 unspecified atom stereocenters. The topological polar surface area (TPSA) is 101 Å². The Balaban J connectivity index is 1.33. The number of nitrogens with zero attached hydrogens (tertiary/aromatic N) is 3. The lowest BCUT2D eigenvalue weighted by Crippen LogP contribution is -2.50. The molecule has 0 radical (unpaired) electrons. The molecule has 3 aliphatic heterocycles. The van der Waals surface area contributed by atoms with Crippen LogP contribution < -0.4 is 9.46 Å². The summed E-state index contributed by atoms with van der Waals surface area (Å²) in [5, 5.41) is 1.09. The zero-order valence-corrected chi connectivity index (χ0v) is 26.5. The second kappa shape index (κ2) is 9.81. The first-order chi connectivity index (χ1) is 21.1. The Morgan fingerprint density at radius 2 is 1.82 bits per heavy atom. The number of hydrogen-bond donors (Lipinski definition) is 1. The second-order valence-corrected chi connectivity index (χ2v) is 15.7. The minimum Gasteiger partial charge on any atom is -0.497 e. The maximum atomic E-state index is 14.7. The van der Waals surface area contributed by atoms with E-state index in [0.717, 1.165) is 72.9 Å². The van der Waals surface area contributed by atoms with Crippen LogP contribution in [0.5, 0.6) is 5.75 Å². The van der Waals surface area contributed by atoms with Crippen LogP contribution in [0.2, 0.25) is 0 Å². The summed E-state index contributed by atoms with van der Waals surface area (Å²) in [7, 11) is 0.124. The molecule has 5 aliphatic rings. The van der Waals surface area contributed by atoms with Gasteiger partial charge in [0.2, 0.25) is 15.9 Å². The van der Waals surface area contributed by atoms with Gasteiger partial charge in [0.05, 0.1) is 24.5 Å². The third kappa shape index (κ3) is 4.24. The molecule has 1 aromatic heterocycles. The van der Waals surface area contributed by atoms with Crippen molar-refractivity contribution in [2.24, 2.45) is 5.41 Å². The molecule has 1 N–H and O–H groups in total. The first kappa shape index (κ1) is 28.1. The van der Waals surface area contributed by atoms with Gasteiger partial charge in [-0.25, -0.2) is 13.1 Å². The van der Waals surface area contributed by atoms with Gasteiger partial charge in [0.1, 0.15) is 5.75 Å². The number of aromatic nitrogens is 1. The number of piperazine rings is 1. The fourth-order valence-corrected chi connectivity index (χ4v) is 9.50. The van der Waals surface area contributed by atoms with E-state index < -0.39 is 21.3 Å². The third-order valence-electron chi connectivity index (χ3n) is 11.3. The SMILES string of the molecule is COc1ccc2c(c1)C1CC1(C(=O)N1CC3CC1CN3C)Cn1c-2c(C2CCCCC2)c2ccc(C(=O)NS(C)(=O)=O)cc21. The molecular formula is C34H40N4O5S. The van der Waals surface area contributed by atoms with Crippen molar-refractivity contribution < 1.29 is 22.7 Å². The highest BCUT2D eigenvalue weighted by Gasteiger charge is 2.65. The fourth-order valence-electron chi connectivity index (χ4n) is 9.05. The molecule has 2 aliphatic carbocycles. The van der Waals surface area contributed by atoms with E-state index in [-0.39, 0.29) is 17.9 Å². The number of rotatable bonds is 5. The van der Waals surface area contributed by atoms with E-state index in [4.69, 9.17) is 4.74 Å². The molecule has 8 rings (SSSR count). The van der Waals surface area contributed by atoms with E-state index in [1.165, 1.54) is 30.4 Å². The number of carbonyl (C=O) groups is 2. The summed E-state index contributed by atoms with van der Waals surface area (Å²) < 4.78 is 34.0. The fraction of sp³-hybridized carbons (Fsp3) is 0.529. The van der Waals surface area contributed by atoms with Crippen molar-refractivity contribution in [3.63, 3.8) is 0 Å². The number of likely N-dealkylation sites (tertiary alicyclic amines) is 2. The number of sulfonamides is 1. The number of benzene rings is 2. The highest BCUT2D eigenvalue weighted by Crippen LogP contribution is 2.66. The lowest BCUT2D eigenvalue weighted by molar-refractivity contribution is -0.140. The Morgan fingerprint density at radius 1 is 1.02 bits per heavy atom. The number of hydrogen-bond acceptors (Lipinski definition) is 6. The van der Waals surface area contributed by atoms with Gasteiger partial charge in [0.15, 0.2) is 0 Å². The van der Waals surface area contributed by atoms with Gasteiger partial charge in [0.25, 0.3) is 5.91 Å². The molecule has 4 heterocycles. The lowest BCUT2D eigenvalue weighted by Gasteiger charge is -2.35. The molecular weight excluding hydrogens is 576 g/mol. The minimum absolute atomic E-state index is 0.0860. The first-order valence-electron chi connectivity index (χ1n) is 16.0. The molecule has 2 aromatic carbocycles. The summed E-state index contributed by atoms with van der Waals surface area (Å²) in [5.41, 5.74) is 5.38. The van der Waals surface area contributed by atoms with Crippen LogP contribution in [0.15, 0.2) is 36.4 Å². The quantitative estimate of drug-likeness (QED) is 0.455. The summed E-state index contributed by atoms with van der Waals surface area (Å²) in [6.45, 7) is 2.23. The van der Waals surface area contributed by atoms with Crippen LogP contribution in [0.25, 0.3) is 22.2 Å². The molecule has 232 valence electrons. The molecule has 2 bridgehead atoms. The normalized spacial score (nSPS) is 27.9. The van der Waals surface area contributed by atoms with E-state index in [2.05, 4.69) is 38.3 Å². The van der Waals surface area contributed by atoms with Gasteiger partial charge in [-0.05, 0) is 80.1 Å². The third-order valence-corrected chi connectivity index (χ3v) is 11.8. The van der Waals surface area contributed by atoms with Gasteiger partial charge >= 0.3 is 0 Å². The van der Waals surface area contributed by atoms with Gasteiger partial charge in [-0.1, -0.05) is 25.3 Å². The Hall–Kier alpha value is -3.37. The van der Waals surface area contributed by atoms with Crippen LogP contribution in [-0.2, 0) is 21.4 Å². The first-order valence-corrected chi connectivity index (χ1v) is 17.8. The van der Waals surface area contributed by atoms with Gasteiger partial charge in [-0.15, -0.1) is 0 Å². The highest BCUT2D eigenvalue weighted by atomic mass is 32.2. The van der Waals surface area contributed by atoms with E-state index in [9.17, 15) is 18.0 Å². The predicted molar refractivity (Wildman–Crippen MR) is 168 cm³/mol. The average molecular weight is 617 g/mol. The van der Waals surface area contributed by atoms with Crippen LogP contribution in [0.4, 0.5) is 0 Å². The molecule has 2 saturated carbocycles. The molecule has 4 fully saturated rings. The van der Waals surface area contributed by atoms with E-state index >= 15 is 0 Å². The summed E-state index contributed by atoms with van der Waals surface area (Å²) in [5.74, 6) is 0.858. The molecule has 4 atom stereocenters. The van der Waals surface area contributed by atoms with Crippen molar-refractivity contribution in [1.82, 2.24) is 19.1 Å². The predicted octanol–water partition coefficient (Wildman–Crippen LogP) is 4.46. The van der Waals surface area contributed by atoms with Gasteiger partial charge in [-0.3, -0.25) is 14.5 Å². The van der Waals surface area contributed by atoms with Gasteiger partial charge < -0.3 is 14.2 Å². The van der Waals surface area contributed by atoms with E-state index in [1.807, 2.05) is 18.2 Å². The number of ether oxygens (including phenoxy) is 1. The Bertz CT molecular complexity index is 1820. The second-order valence-electron chi connectivity index (χ2n) is 13.9. The number of carbonyl (C=O) groups excluding carboxylic acids is 2. The number of nitrogens with one attached hydrogen (secondary N) is 1. The van der Waals surface area contributed by atoms with Crippen molar-refractivity contribution in [3.05, 3.63) is 53.1 Å². The summed E-state index contributed by atoms with van der Waals surface area (Å²) in [4.78, 5) is 32.3. The molecule has 2 saturated heterocycles. The van der Waals surface area contributed by atoms with Crippen molar-refractivity contribution in [3.8, 4) is 17.0 Å². The van der Waals surface area contributed by atoms with Crippen LogP contribution in [0.1, 0.15) is 78.3 Å². The number of likely N-dealkylation sites (N-methyl/N-ethyl adjacent to an activating group) is 1. The summed E-state index contributed by atoms with van der Waals surface area (Å²) in [6, 6.07) is 12.6. The maximum Gasteiger partial charge on any atom is 0.264 e. The van der Waals surface area contributed by atoms with E-state index in [1.54, 1.807) is 13.2 Å². The van der Waals surface area contributed by atoms with Crippen LogP contribution in [0, 0.1) is 5.41 Å². The van der Waals surface area contributed by atoms with Crippen molar-refractivity contribution in [1.29, 1.82) is 0 Å². The molecule has 9 nitrogen and oxygen atoms in total. The maximum absolute atomic E-state index is 14.7. The Kier molecular flexibility index (Phi) is 6.27. The zero-order valence-electron chi connectivity index (χ0n) is 25.6. The van der Waals surface area contributed by atoms with Crippen LogP contribution in [0.3, 0.4) is 0 Å². The Labute approximate surface area is 258 Å². The van der Waals surface area contributed by atoms with Gasteiger partial charge in [0, 0.05) is 59.7 Å². The van der Waals surface area contributed by atoms with Crippen LogP contribution >= 0.6 is 0 Å². The molecule has 10 heteroatoms. The largest absolute Gasteiger partial charge is 0.497 e.